The van der Waals surface area contributed by atoms with Crippen LogP contribution < -0.4 is 32.3 Å². The molecule has 17 heteroatoms. The van der Waals surface area contributed by atoms with Crippen molar-refractivity contribution in [2.45, 2.75) is 88.6 Å². The zero-order valence-electron chi connectivity index (χ0n) is 28.8. The van der Waals surface area contributed by atoms with E-state index in [0.717, 1.165) is 5.56 Å². The molecule has 0 bridgehead atoms. The summed E-state index contributed by atoms with van der Waals surface area (Å²) in [5, 5.41) is 51.8. The zero-order valence-corrected chi connectivity index (χ0v) is 28.8. The Morgan fingerprint density at radius 1 is 0.667 bits per heavy atom. The lowest BCUT2D eigenvalue weighted by Gasteiger charge is -2.27. The highest BCUT2D eigenvalue weighted by Gasteiger charge is 2.33. The Morgan fingerprint density at radius 2 is 1.14 bits per heavy atom. The highest BCUT2D eigenvalue weighted by atomic mass is 16.5. The molecule has 2 aromatic rings. The van der Waals surface area contributed by atoms with E-state index in [4.69, 9.17) is 10.5 Å². The van der Waals surface area contributed by atoms with Gasteiger partial charge < -0.3 is 57.3 Å². The molecule has 5 amide bonds. The van der Waals surface area contributed by atoms with Crippen molar-refractivity contribution in [2.24, 2.45) is 5.73 Å². The van der Waals surface area contributed by atoms with Crippen LogP contribution in [0.25, 0.3) is 0 Å². The number of hydrogen-bond donors (Lipinski definition) is 10. The molecule has 0 heterocycles. The quantitative estimate of drug-likeness (QED) is 0.0482. The van der Waals surface area contributed by atoms with Gasteiger partial charge in [-0.2, -0.15) is 0 Å². The van der Waals surface area contributed by atoms with E-state index in [-0.39, 0.29) is 25.9 Å². The number of carbonyl (C=O) groups excluding carboxylic acids is 5. The first-order valence-electron chi connectivity index (χ1n) is 17.0. The molecule has 280 valence electrons. The third-order valence-electron chi connectivity index (χ3n) is 7.86. The molecule has 0 spiro atoms. The van der Waals surface area contributed by atoms with Crippen molar-refractivity contribution >= 4 is 36.8 Å². The molecule has 0 aliphatic rings. The van der Waals surface area contributed by atoms with Crippen LogP contribution >= 0.6 is 0 Å². The van der Waals surface area contributed by atoms with Crippen molar-refractivity contribution in [3.05, 3.63) is 71.8 Å². The van der Waals surface area contributed by atoms with Gasteiger partial charge in [0.1, 0.15) is 30.8 Å². The van der Waals surface area contributed by atoms with Gasteiger partial charge >= 0.3 is 13.2 Å². The Hall–Kier alpha value is -4.55. The molecule has 16 nitrogen and oxygen atoms in total. The summed E-state index contributed by atoms with van der Waals surface area (Å²) in [4.78, 5) is 65.2. The number of nitrogens with two attached hydrogens (primary N) is 1. The predicted octanol–water partition coefficient (Wildman–Crippen LogP) is -1.22. The summed E-state index contributed by atoms with van der Waals surface area (Å²) in [5.41, 5.74) is 7.06. The van der Waals surface area contributed by atoms with E-state index in [1.165, 1.54) is 0 Å². The van der Waals surface area contributed by atoms with E-state index in [2.05, 4.69) is 26.6 Å². The summed E-state index contributed by atoms with van der Waals surface area (Å²) < 4.78 is 5.07. The molecular weight excluding hydrogens is 663 g/mol. The second-order valence-corrected chi connectivity index (χ2v) is 12.0. The standard InChI is InChI=1S/C34H51BN6O10/c1-2-3-16-25(31(45)41-29(35(49)50)19-23-12-6-4-7-13-23)37-30(44)26(17-10-11-18-36)38-32(46)27(20-42)39-33(47)28(21-43)40-34(48)51-22-24-14-8-5-9-15-24/h4-9,12-15,25-29,42-43,49-50H,2-3,10-11,16-22,36H2,1H3,(H,37,44)(H,38,46)(H,39,47)(H,40,48)(H,41,45)/t25-,26-,27-,28-,29+/m0/s1. The lowest BCUT2D eigenvalue weighted by atomic mass is 9.75. The van der Waals surface area contributed by atoms with Gasteiger partial charge in [0.2, 0.25) is 23.6 Å². The number of amides is 5. The SMILES string of the molecule is CCCC[C@H](NC(=O)[C@H](CCCCN)NC(=O)[C@H](CO)NC(=O)[C@H](CO)NC(=O)OCc1ccccc1)C(=O)N[C@H](Cc1ccccc1)B(O)O. The summed E-state index contributed by atoms with van der Waals surface area (Å²) in [6, 6.07) is 12.2. The van der Waals surface area contributed by atoms with Crippen LogP contribution in [0, 0.1) is 0 Å². The second kappa shape index (κ2) is 23.8. The van der Waals surface area contributed by atoms with E-state index >= 15 is 0 Å². The Kier molecular flexibility index (Phi) is 19.9. The lowest BCUT2D eigenvalue weighted by Crippen LogP contribution is -2.60. The fraction of sp³-hybridized carbons (Fsp3) is 0.500. The first-order valence-corrected chi connectivity index (χ1v) is 17.0. The predicted molar refractivity (Wildman–Crippen MR) is 188 cm³/mol. The highest BCUT2D eigenvalue weighted by molar-refractivity contribution is 6.43. The second-order valence-electron chi connectivity index (χ2n) is 12.0. The summed E-state index contributed by atoms with van der Waals surface area (Å²) in [5.74, 6) is -4.39. The van der Waals surface area contributed by atoms with Crippen molar-refractivity contribution in [3.63, 3.8) is 0 Å². The van der Waals surface area contributed by atoms with Crippen molar-refractivity contribution in [1.29, 1.82) is 0 Å². The van der Waals surface area contributed by atoms with Crippen molar-refractivity contribution < 1.29 is 49.0 Å². The van der Waals surface area contributed by atoms with Gasteiger partial charge in [-0.3, -0.25) is 19.2 Å². The molecule has 0 fully saturated rings. The third-order valence-corrected chi connectivity index (χ3v) is 7.86. The van der Waals surface area contributed by atoms with E-state index in [9.17, 15) is 44.2 Å². The minimum absolute atomic E-state index is 0.0969. The van der Waals surface area contributed by atoms with Crippen molar-refractivity contribution in [1.82, 2.24) is 26.6 Å². The van der Waals surface area contributed by atoms with E-state index < -0.39 is 80.2 Å². The number of aliphatic hydroxyl groups excluding tert-OH is 2. The number of hydrogen-bond acceptors (Lipinski definition) is 11. The van der Waals surface area contributed by atoms with Crippen LogP contribution in [0.5, 0.6) is 0 Å². The largest absolute Gasteiger partial charge is 0.475 e. The number of carbonyl (C=O) groups is 5. The van der Waals surface area contributed by atoms with Crippen LogP contribution in [0.1, 0.15) is 56.6 Å². The number of rotatable bonds is 23. The van der Waals surface area contributed by atoms with Crippen LogP contribution in [-0.4, -0.2) is 107 Å². The van der Waals surface area contributed by atoms with Gasteiger partial charge in [-0.25, -0.2) is 4.79 Å². The third kappa shape index (κ3) is 15.9. The first-order chi connectivity index (χ1) is 24.5. The summed E-state index contributed by atoms with van der Waals surface area (Å²) in [6.07, 6.45) is 1.60. The average molecular weight is 715 g/mol. The van der Waals surface area contributed by atoms with Gasteiger partial charge in [0.15, 0.2) is 0 Å². The van der Waals surface area contributed by atoms with Gasteiger partial charge in [-0.15, -0.1) is 0 Å². The summed E-state index contributed by atoms with van der Waals surface area (Å²) in [7, 11) is -1.88. The Balaban J connectivity index is 2.09. The smallest absolute Gasteiger partial charge is 0.445 e. The number of unbranched alkanes of at least 4 members (excludes halogenated alkanes) is 2. The Labute approximate surface area is 298 Å². The van der Waals surface area contributed by atoms with E-state index in [1.54, 1.807) is 60.7 Å². The van der Waals surface area contributed by atoms with Gasteiger partial charge in [0.05, 0.1) is 19.2 Å². The van der Waals surface area contributed by atoms with Crippen molar-refractivity contribution in [2.75, 3.05) is 19.8 Å². The summed E-state index contributed by atoms with van der Waals surface area (Å²) in [6.45, 7) is 0.376. The maximum Gasteiger partial charge on any atom is 0.475 e. The molecule has 5 atom stereocenters. The number of nitrogens with one attached hydrogen (secondary N) is 5. The number of alkyl carbamates (subject to hydrolysis) is 1. The minimum atomic E-state index is -1.88. The van der Waals surface area contributed by atoms with E-state index in [1.807, 2.05) is 6.92 Å². The molecule has 11 N–H and O–H groups in total. The highest BCUT2D eigenvalue weighted by Crippen LogP contribution is 2.09. The first kappa shape index (κ1) is 42.6. The molecule has 0 saturated heterocycles. The lowest BCUT2D eigenvalue weighted by molar-refractivity contribution is -0.135. The number of ether oxygens (including phenoxy) is 1. The molecule has 2 rings (SSSR count). The zero-order chi connectivity index (χ0) is 37.6. The van der Waals surface area contributed by atoms with E-state index in [0.29, 0.717) is 37.8 Å². The van der Waals surface area contributed by atoms with Crippen LogP contribution in [0.2, 0.25) is 0 Å². The number of benzene rings is 2. The molecule has 51 heavy (non-hydrogen) atoms. The van der Waals surface area contributed by atoms with Crippen LogP contribution in [0.3, 0.4) is 0 Å². The topological polar surface area (TPSA) is 262 Å². The van der Waals surface area contributed by atoms with Gasteiger partial charge in [-0.05, 0) is 49.8 Å². The van der Waals surface area contributed by atoms with Crippen molar-refractivity contribution in [3.8, 4) is 0 Å². The Morgan fingerprint density at radius 3 is 1.65 bits per heavy atom. The van der Waals surface area contributed by atoms with Crippen LogP contribution in [0.4, 0.5) is 4.79 Å². The molecule has 0 aliphatic heterocycles. The number of aliphatic hydroxyl groups is 2. The van der Waals surface area contributed by atoms with Gasteiger partial charge in [0.25, 0.3) is 0 Å². The molecule has 2 aromatic carbocycles. The monoisotopic (exact) mass is 714 g/mol. The normalized spacial score (nSPS) is 13.8. The molecule has 0 unspecified atom stereocenters. The maximum absolute atomic E-state index is 13.6. The maximum atomic E-state index is 13.6. The molecule has 0 saturated carbocycles. The molecule has 0 aliphatic carbocycles. The minimum Gasteiger partial charge on any atom is -0.445 e. The fourth-order valence-electron chi connectivity index (χ4n) is 4.93. The molecule has 0 aromatic heterocycles. The fourth-order valence-corrected chi connectivity index (χ4v) is 4.93. The average Bonchev–Trinajstić information content (AvgIpc) is 3.13. The van der Waals surface area contributed by atoms with Gasteiger partial charge in [-0.1, -0.05) is 80.4 Å². The summed E-state index contributed by atoms with van der Waals surface area (Å²) >= 11 is 0. The van der Waals surface area contributed by atoms with Gasteiger partial charge in [0, 0.05) is 0 Å². The van der Waals surface area contributed by atoms with Crippen LogP contribution in [0.15, 0.2) is 60.7 Å². The molecular formula is C34H51BN6O10. The Bertz CT molecular complexity index is 1360. The molecule has 0 radical (unpaired) electrons. The van der Waals surface area contributed by atoms with Crippen LogP contribution in [-0.2, 0) is 36.9 Å².